The molecule has 26 heavy (non-hydrogen) atoms. The standard InChI is InChI=1S/C17H18ClF3N4O/c1-9(2)8-22-15-7-14(23-10(3)24-15)16(26)25-13-5-4-11(18)6-12(13)17(19,20)21/h4-7,9H,8H2,1-3H3,(H,25,26)(H,22,23,24). The summed E-state index contributed by atoms with van der Waals surface area (Å²) in [6.45, 7) is 6.25. The van der Waals surface area contributed by atoms with Crippen LogP contribution < -0.4 is 10.6 Å². The second kappa shape index (κ2) is 7.90. The first-order valence-corrected chi connectivity index (χ1v) is 8.21. The summed E-state index contributed by atoms with van der Waals surface area (Å²) in [7, 11) is 0. The van der Waals surface area contributed by atoms with E-state index in [1.807, 2.05) is 13.8 Å². The van der Waals surface area contributed by atoms with Crippen molar-refractivity contribution in [2.75, 3.05) is 17.2 Å². The van der Waals surface area contributed by atoms with Crippen molar-refractivity contribution in [2.45, 2.75) is 26.9 Å². The van der Waals surface area contributed by atoms with Gasteiger partial charge in [-0.3, -0.25) is 4.79 Å². The Morgan fingerprint density at radius 2 is 1.92 bits per heavy atom. The molecule has 5 nitrogen and oxygen atoms in total. The van der Waals surface area contributed by atoms with Gasteiger partial charge < -0.3 is 10.6 Å². The average molecular weight is 387 g/mol. The minimum atomic E-state index is -4.65. The maximum absolute atomic E-state index is 13.1. The second-order valence-electron chi connectivity index (χ2n) is 6.10. The van der Waals surface area contributed by atoms with Gasteiger partial charge in [-0.15, -0.1) is 0 Å². The molecule has 1 aromatic heterocycles. The lowest BCUT2D eigenvalue weighted by atomic mass is 10.1. The van der Waals surface area contributed by atoms with Crippen molar-refractivity contribution in [2.24, 2.45) is 5.92 Å². The smallest absolute Gasteiger partial charge is 0.370 e. The minimum Gasteiger partial charge on any atom is -0.370 e. The van der Waals surface area contributed by atoms with Crippen LogP contribution in [0.4, 0.5) is 24.7 Å². The Balaban J connectivity index is 2.28. The molecule has 2 rings (SSSR count). The topological polar surface area (TPSA) is 66.9 Å². The van der Waals surface area contributed by atoms with Crippen LogP contribution in [0, 0.1) is 12.8 Å². The molecule has 0 saturated heterocycles. The molecule has 2 N–H and O–H groups in total. The van der Waals surface area contributed by atoms with Crippen LogP contribution in [0.2, 0.25) is 5.02 Å². The van der Waals surface area contributed by atoms with Crippen molar-refractivity contribution < 1.29 is 18.0 Å². The third-order valence-electron chi connectivity index (χ3n) is 3.30. The molecule has 0 fully saturated rings. The number of benzene rings is 1. The summed E-state index contributed by atoms with van der Waals surface area (Å²) in [4.78, 5) is 20.6. The van der Waals surface area contributed by atoms with Crippen LogP contribution in [0.25, 0.3) is 0 Å². The molecule has 1 amide bonds. The number of rotatable bonds is 5. The molecular weight excluding hydrogens is 369 g/mol. The molecule has 0 spiro atoms. The number of nitrogens with one attached hydrogen (secondary N) is 2. The number of halogens is 4. The fraction of sp³-hybridized carbons (Fsp3) is 0.353. The SMILES string of the molecule is Cc1nc(NCC(C)C)cc(C(=O)Nc2ccc(Cl)cc2C(F)(F)F)n1. The average Bonchev–Trinajstić information content (AvgIpc) is 2.53. The molecule has 1 heterocycles. The van der Waals surface area contributed by atoms with Crippen LogP contribution in [-0.4, -0.2) is 22.4 Å². The molecule has 0 bridgehead atoms. The van der Waals surface area contributed by atoms with Crippen LogP contribution in [0.1, 0.15) is 35.7 Å². The molecular formula is C17H18ClF3N4O. The number of aryl methyl sites for hydroxylation is 1. The van der Waals surface area contributed by atoms with Crippen LogP contribution in [0.5, 0.6) is 0 Å². The van der Waals surface area contributed by atoms with E-state index in [9.17, 15) is 18.0 Å². The van der Waals surface area contributed by atoms with Gasteiger partial charge in [0.15, 0.2) is 0 Å². The van der Waals surface area contributed by atoms with Crippen LogP contribution in [0.15, 0.2) is 24.3 Å². The van der Waals surface area contributed by atoms with E-state index >= 15 is 0 Å². The lowest BCUT2D eigenvalue weighted by molar-refractivity contribution is -0.136. The Bertz CT molecular complexity index is 809. The monoisotopic (exact) mass is 386 g/mol. The van der Waals surface area contributed by atoms with E-state index in [1.54, 1.807) is 6.92 Å². The third kappa shape index (κ3) is 5.32. The minimum absolute atomic E-state index is 0.0353. The predicted octanol–water partition coefficient (Wildman–Crippen LogP) is 4.78. The zero-order valence-corrected chi connectivity index (χ0v) is 15.2. The summed E-state index contributed by atoms with van der Waals surface area (Å²) in [5, 5.41) is 5.23. The van der Waals surface area contributed by atoms with E-state index < -0.39 is 17.6 Å². The number of aromatic nitrogens is 2. The van der Waals surface area contributed by atoms with E-state index in [2.05, 4.69) is 20.6 Å². The van der Waals surface area contributed by atoms with Gasteiger partial charge in [-0.25, -0.2) is 9.97 Å². The number of hydrogen-bond acceptors (Lipinski definition) is 4. The van der Waals surface area contributed by atoms with Crippen molar-refractivity contribution in [1.29, 1.82) is 0 Å². The highest BCUT2D eigenvalue weighted by atomic mass is 35.5. The first-order valence-electron chi connectivity index (χ1n) is 7.84. The Morgan fingerprint density at radius 3 is 2.54 bits per heavy atom. The lowest BCUT2D eigenvalue weighted by Crippen LogP contribution is -2.19. The summed E-state index contributed by atoms with van der Waals surface area (Å²) in [5.41, 5.74) is -1.45. The second-order valence-corrected chi connectivity index (χ2v) is 6.54. The molecule has 0 unspecified atom stereocenters. The van der Waals surface area contributed by atoms with Crippen molar-refractivity contribution in [3.8, 4) is 0 Å². The van der Waals surface area contributed by atoms with Gasteiger partial charge in [-0.1, -0.05) is 25.4 Å². The maximum Gasteiger partial charge on any atom is 0.418 e. The molecule has 0 aliphatic rings. The van der Waals surface area contributed by atoms with Crippen molar-refractivity contribution in [3.05, 3.63) is 46.4 Å². The molecule has 140 valence electrons. The quantitative estimate of drug-likeness (QED) is 0.776. The summed E-state index contributed by atoms with van der Waals surface area (Å²) >= 11 is 5.64. The van der Waals surface area contributed by atoms with Gasteiger partial charge in [-0.05, 0) is 31.0 Å². The van der Waals surface area contributed by atoms with E-state index in [1.165, 1.54) is 12.1 Å². The summed E-state index contributed by atoms with van der Waals surface area (Å²) in [5.74, 6) is 0.349. The number of hydrogen-bond donors (Lipinski definition) is 2. The third-order valence-corrected chi connectivity index (χ3v) is 3.53. The fourth-order valence-corrected chi connectivity index (χ4v) is 2.30. The van der Waals surface area contributed by atoms with Crippen molar-refractivity contribution in [1.82, 2.24) is 9.97 Å². The fourth-order valence-electron chi connectivity index (χ4n) is 2.13. The van der Waals surface area contributed by atoms with E-state index in [0.717, 1.165) is 12.1 Å². The van der Waals surface area contributed by atoms with E-state index in [0.29, 0.717) is 24.1 Å². The van der Waals surface area contributed by atoms with Gasteiger partial charge >= 0.3 is 6.18 Å². The molecule has 0 atom stereocenters. The van der Waals surface area contributed by atoms with Gasteiger partial charge in [0.1, 0.15) is 17.3 Å². The Kier molecular flexibility index (Phi) is 6.07. The first kappa shape index (κ1) is 20.0. The molecule has 0 aliphatic carbocycles. The Labute approximate surface area is 154 Å². The highest BCUT2D eigenvalue weighted by molar-refractivity contribution is 6.30. The molecule has 2 aromatic rings. The van der Waals surface area contributed by atoms with Crippen LogP contribution in [0.3, 0.4) is 0 Å². The highest BCUT2D eigenvalue weighted by Gasteiger charge is 2.34. The van der Waals surface area contributed by atoms with Gasteiger partial charge in [0, 0.05) is 17.6 Å². The molecule has 0 radical (unpaired) electrons. The van der Waals surface area contributed by atoms with Crippen molar-refractivity contribution in [3.63, 3.8) is 0 Å². The van der Waals surface area contributed by atoms with Crippen LogP contribution in [-0.2, 0) is 6.18 Å². The maximum atomic E-state index is 13.1. The zero-order chi connectivity index (χ0) is 19.5. The van der Waals surface area contributed by atoms with Crippen molar-refractivity contribution >= 4 is 29.0 Å². The van der Waals surface area contributed by atoms with Gasteiger partial charge in [-0.2, -0.15) is 13.2 Å². The van der Waals surface area contributed by atoms with Gasteiger partial charge in [0.05, 0.1) is 11.3 Å². The van der Waals surface area contributed by atoms with E-state index in [-0.39, 0.29) is 16.4 Å². The predicted molar refractivity (Wildman–Crippen MR) is 94.5 cm³/mol. The Hall–Kier alpha value is -2.35. The molecule has 9 heteroatoms. The number of alkyl halides is 3. The summed E-state index contributed by atoms with van der Waals surface area (Å²) in [6.07, 6.45) is -4.65. The normalized spacial score (nSPS) is 11.5. The number of carbonyl (C=O) groups is 1. The van der Waals surface area contributed by atoms with Crippen LogP contribution >= 0.6 is 11.6 Å². The largest absolute Gasteiger partial charge is 0.418 e. The number of anilines is 2. The van der Waals surface area contributed by atoms with Gasteiger partial charge in [0.25, 0.3) is 5.91 Å². The molecule has 0 aliphatic heterocycles. The zero-order valence-electron chi connectivity index (χ0n) is 14.4. The molecule has 1 aromatic carbocycles. The number of nitrogens with zero attached hydrogens (tertiary/aromatic N) is 2. The number of carbonyl (C=O) groups excluding carboxylic acids is 1. The highest BCUT2D eigenvalue weighted by Crippen LogP contribution is 2.36. The lowest BCUT2D eigenvalue weighted by Gasteiger charge is -2.14. The summed E-state index contributed by atoms with van der Waals surface area (Å²) < 4.78 is 39.4. The Morgan fingerprint density at radius 1 is 1.23 bits per heavy atom. The number of amides is 1. The summed E-state index contributed by atoms with van der Waals surface area (Å²) in [6, 6.07) is 4.54. The van der Waals surface area contributed by atoms with E-state index in [4.69, 9.17) is 11.6 Å². The van der Waals surface area contributed by atoms with Gasteiger partial charge in [0.2, 0.25) is 0 Å². The molecule has 0 saturated carbocycles. The first-order chi connectivity index (χ1) is 12.1.